The largest absolute Gasteiger partial charge is 0.482 e. The zero-order valence-electron chi connectivity index (χ0n) is 28.0. The number of carbonyl (C=O) groups is 2. The van der Waals surface area contributed by atoms with Gasteiger partial charge in [-0.3, -0.25) is 4.79 Å². The van der Waals surface area contributed by atoms with Crippen LogP contribution in [0.2, 0.25) is 0 Å². The SMILES string of the molecule is CC(C#Cc1ccc(-c2ccc(C#CC(C)=CCSc3ccc(OCC(=O)O)c(C)c3)cc2)cc1)=CCSc1ccc(CC(=O)O)c(C)c1. The molecule has 4 rings (SSSR count). The Bertz CT molecular complexity index is 1980. The number of carboxylic acids is 2. The number of hydrogen-bond acceptors (Lipinski definition) is 5. The highest BCUT2D eigenvalue weighted by Gasteiger charge is 2.06. The molecule has 0 bridgehead atoms. The van der Waals surface area contributed by atoms with Gasteiger partial charge in [-0.15, -0.1) is 23.5 Å². The summed E-state index contributed by atoms with van der Waals surface area (Å²) in [5.74, 6) is 13.3. The highest BCUT2D eigenvalue weighted by Crippen LogP contribution is 2.26. The predicted molar refractivity (Wildman–Crippen MR) is 201 cm³/mol. The number of aryl methyl sites for hydroxylation is 2. The Morgan fingerprint density at radius 1 is 0.673 bits per heavy atom. The van der Waals surface area contributed by atoms with Gasteiger partial charge in [0, 0.05) is 32.4 Å². The van der Waals surface area contributed by atoms with Crippen LogP contribution in [0.25, 0.3) is 11.1 Å². The quantitative estimate of drug-likeness (QED) is 0.114. The van der Waals surface area contributed by atoms with Crippen LogP contribution in [0, 0.1) is 37.5 Å². The number of allylic oxidation sites excluding steroid dienone is 2. The van der Waals surface area contributed by atoms with E-state index in [9.17, 15) is 9.59 Å². The van der Waals surface area contributed by atoms with Gasteiger partial charge in [0.15, 0.2) is 6.61 Å². The molecule has 0 saturated carbocycles. The molecule has 7 heteroatoms. The molecule has 0 aromatic heterocycles. The Kier molecular flexibility index (Phi) is 13.8. The molecule has 4 aromatic carbocycles. The highest BCUT2D eigenvalue weighted by atomic mass is 32.2. The second-order valence-corrected chi connectivity index (χ2v) is 13.5. The topological polar surface area (TPSA) is 83.8 Å². The molecule has 4 aromatic rings. The summed E-state index contributed by atoms with van der Waals surface area (Å²) in [4.78, 5) is 23.9. The van der Waals surface area contributed by atoms with Crippen LogP contribution in [0.1, 0.15) is 41.7 Å². The molecule has 0 spiro atoms. The van der Waals surface area contributed by atoms with Gasteiger partial charge in [-0.05, 0) is 121 Å². The Labute approximate surface area is 297 Å². The highest BCUT2D eigenvalue weighted by molar-refractivity contribution is 7.99. The first-order chi connectivity index (χ1) is 23.5. The molecule has 2 N–H and O–H groups in total. The Morgan fingerprint density at radius 3 is 1.61 bits per heavy atom. The van der Waals surface area contributed by atoms with Gasteiger partial charge in [-0.1, -0.05) is 66.2 Å². The van der Waals surface area contributed by atoms with E-state index in [-0.39, 0.29) is 13.0 Å². The first kappa shape index (κ1) is 36.8. The van der Waals surface area contributed by atoms with Gasteiger partial charge < -0.3 is 14.9 Å². The minimum Gasteiger partial charge on any atom is -0.482 e. The van der Waals surface area contributed by atoms with Crippen LogP contribution in [-0.2, 0) is 16.0 Å². The lowest BCUT2D eigenvalue weighted by Crippen LogP contribution is -2.09. The van der Waals surface area contributed by atoms with Crippen LogP contribution in [0.4, 0.5) is 0 Å². The number of rotatable bonds is 12. The lowest BCUT2D eigenvalue weighted by Gasteiger charge is -2.08. The van der Waals surface area contributed by atoms with Crippen molar-refractivity contribution in [3.05, 3.63) is 136 Å². The van der Waals surface area contributed by atoms with Crippen molar-refractivity contribution < 1.29 is 24.5 Å². The van der Waals surface area contributed by atoms with Crippen molar-refractivity contribution in [1.29, 1.82) is 0 Å². The molecule has 0 heterocycles. The van der Waals surface area contributed by atoms with E-state index in [0.717, 1.165) is 71.4 Å². The minimum absolute atomic E-state index is 0.0457. The van der Waals surface area contributed by atoms with Crippen molar-refractivity contribution in [2.45, 2.75) is 43.9 Å². The Morgan fingerprint density at radius 2 is 1.16 bits per heavy atom. The zero-order chi connectivity index (χ0) is 35.2. The first-order valence-electron chi connectivity index (χ1n) is 15.7. The molecule has 0 radical (unpaired) electrons. The molecule has 0 aliphatic rings. The van der Waals surface area contributed by atoms with Gasteiger partial charge in [-0.25, -0.2) is 4.79 Å². The van der Waals surface area contributed by atoms with Gasteiger partial charge in [-0.2, -0.15) is 0 Å². The van der Waals surface area contributed by atoms with Crippen molar-refractivity contribution in [3.8, 4) is 40.6 Å². The summed E-state index contributed by atoms with van der Waals surface area (Å²) in [6.45, 7) is 7.52. The van der Waals surface area contributed by atoms with E-state index in [4.69, 9.17) is 14.9 Å². The predicted octanol–water partition coefficient (Wildman–Crippen LogP) is 9.24. The van der Waals surface area contributed by atoms with E-state index in [1.165, 1.54) is 0 Å². The third kappa shape index (κ3) is 12.5. The summed E-state index contributed by atoms with van der Waals surface area (Å²) < 4.78 is 5.30. The molecule has 0 aliphatic heterocycles. The molecule has 0 unspecified atom stereocenters. The third-order valence-corrected chi connectivity index (χ3v) is 9.18. The number of thioether (sulfide) groups is 2. The fraction of sp³-hybridized carbons (Fsp3) is 0.190. The third-order valence-electron chi connectivity index (χ3n) is 7.34. The summed E-state index contributed by atoms with van der Waals surface area (Å²) in [6.07, 6.45) is 4.26. The number of carboxylic acid groups (broad SMARTS) is 2. The fourth-order valence-corrected chi connectivity index (χ4v) is 6.49. The maximum Gasteiger partial charge on any atom is 0.341 e. The second kappa shape index (κ2) is 18.5. The Balaban J connectivity index is 1.25. The standard InChI is InChI=1S/C42H38O5S2/c1-29(21-23-48-38-18-17-37(27-41(43)44)31(3)25-38)5-7-33-9-13-35(14-10-33)36-15-11-34(12-16-36)8-6-30(2)22-24-49-39-19-20-40(32(4)26-39)47-28-42(45)46/h9-22,25-26H,23-24,27-28H2,1-4H3,(H,43,44)(H,45,46). The maximum absolute atomic E-state index is 11.0. The van der Waals surface area contributed by atoms with Crippen molar-refractivity contribution in [2.24, 2.45) is 0 Å². The Hall–Kier alpha value is -5.08. The zero-order valence-corrected chi connectivity index (χ0v) is 29.6. The van der Waals surface area contributed by atoms with Crippen LogP contribution < -0.4 is 4.74 Å². The second-order valence-electron chi connectivity index (χ2n) is 11.3. The summed E-state index contributed by atoms with van der Waals surface area (Å²) in [5.41, 5.74) is 8.87. The average molecular weight is 687 g/mol. The van der Waals surface area contributed by atoms with Crippen LogP contribution >= 0.6 is 23.5 Å². The molecule has 5 nitrogen and oxygen atoms in total. The molecule has 0 fully saturated rings. The number of benzene rings is 4. The molecule has 49 heavy (non-hydrogen) atoms. The van der Waals surface area contributed by atoms with Gasteiger partial charge in [0.25, 0.3) is 0 Å². The van der Waals surface area contributed by atoms with Crippen LogP contribution in [0.5, 0.6) is 5.75 Å². The molecule has 0 aliphatic carbocycles. The van der Waals surface area contributed by atoms with E-state index < -0.39 is 11.9 Å². The summed E-state index contributed by atoms with van der Waals surface area (Å²) in [5, 5.41) is 17.8. The van der Waals surface area contributed by atoms with E-state index in [0.29, 0.717) is 5.75 Å². The van der Waals surface area contributed by atoms with E-state index in [1.807, 2.05) is 88.4 Å². The van der Waals surface area contributed by atoms with Crippen molar-refractivity contribution in [3.63, 3.8) is 0 Å². The molecule has 0 atom stereocenters. The van der Waals surface area contributed by atoms with Gasteiger partial charge in [0.2, 0.25) is 0 Å². The number of ether oxygens (including phenoxy) is 1. The van der Waals surface area contributed by atoms with Crippen molar-refractivity contribution >= 4 is 35.5 Å². The van der Waals surface area contributed by atoms with Crippen LogP contribution in [0.15, 0.2) is 118 Å². The van der Waals surface area contributed by atoms with Crippen LogP contribution in [-0.4, -0.2) is 40.3 Å². The minimum atomic E-state index is -0.993. The van der Waals surface area contributed by atoms with Crippen molar-refractivity contribution in [2.75, 3.05) is 18.1 Å². The molecule has 0 saturated heterocycles. The van der Waals surface area contributed by atoms with Gasteiger partial charge in [0.05, 0.1) is 6.42 Å². The van der Waals surface area contributed by atoms with Crippen molar-refractivity contribution in [1.82, 2.24) is 0 Å². The molecule has 0 amide bonds. The first-order valence-corrected chi connectivity index (χ1v) is 17.6. The monoisotopic (exact) mass is 686 g/mol. The lowest BCUT2D eigenvalue weighted by atomic mass is 10.0. The molecule has 248 valence electrons. The maximum atomic E-state index is 11.0. The normalized spacial score (nSPS) is 11.2. The van der Waals surface area contributed by atoms with E-state index >= 15 is 0 Å². The number of aliphatic carboxylic acids is 2. The van der Waals surface area contributed by atoms with E-state index in [2.05, 4.69) is 60.1 Å². The molecular formula is C42H38O5S2. The smallest absolute Gasteiger partial charge is 0.341 e. The summed E-state index contributed by atoms with van der Waals surface area (Å²) in [7, 11) is 0. The number of hydrogen-bond donors (Lipinski definition) is 2. The molecular weight excluding hydrogens is 649 g/mol. The van der Waals surface area contributed by atoms with Crippen LogP contribution in [0.3, 0.4) is 0 Å². The lowest BCUT2D eigenvalue weighted by molar-refractivity contribution is -0.139. The van der Waals surface area contributed by atoms with Gasteiger partial charge in [0.1, 0.15) is 5.75 Å². The average Bonchev–Trinajstić information content (AvgIpc) is 3.07. The van der Waals surface area contributed by atoms with E-state index in [1.54, 1.807) is 23.5 Å². The fourth-order valence-electron chi connectivity index (χ4n) is 4.59. The summed E-state index contributed by atoms with van der Waals surface area (Å²) >= 11 is 3.39. The van der Waals surface area contributed by atoms with Gasteiger partial charge >= 0.3 is 11.9 Å². The summed E-state index contributed by atoms with van der Waals surface area (Å²) in [6, 6.07) is 28.1.